The quantitative estimate of drug-likeness (QED) is 0.277. The van der Waals surface area contributed by atoms with Crippen molar-refractivity contribution in [1.82, 2.24) is 4.90 Å². The zero-order valence-electron chi connectivity index (χ0n) is 19.6. The summed E-state index contributed by atoms with van der Waals surface area (Å²) in [5.74, 6) is -0.956. The van der Waals surface area contributed by atoms with Gasteiger partial charge in [-0.25, -0.2) is 0 Å². The van der Waals surface area contributed by atoms with Gasteiger partial charge in [0.2, 0.25) is 0 Å². The molecule has 0 saturated carbocycles. The van der Waals surface area contributed by atoms with Crippen molar-refractivity contribution in [2.45, 2.75) is 26.4 Å². The van der Waals surface area contributed by atoms with Crippen LogP contribution in [0.4, 0.5) is 0 Å². The number of ether oxygens (including phenoxy) is 2. The maximum absolute atomic E-state index is 13.2. The van der Waals surface area contributed by atoms with Crippen LogP contribution in [0.15, 0.2) is 78.4 Å². The molecule has 2 N–H and O–H groups in total. The highest BCUT2D eigenvalue weighted by atomic mass is 16.5. The summed E-state index contributed by atoms with van der Waals surface area (Å²) in [4.78, 5) is 27.9. The Morgan fingerprint density at radius 3 is 2.26 bits per heavy atom. The first-order chi connectivity index (χ1) is 16.9. The number of hydrogen-bond acceptors (Lipinski definition) is 6. The van der Waals surface area contributed by atoms with Crippen LogP contribution in [0, 0.1) is 0 Å². The number of amides is 1. The molecule has 35 heavy (non-hydrogen) atoms. The number of nitrogens with zero attached hydrogens (tertiary/aromatic N) is 1. The average Bonchev–Trinajstić information content (AvgIpc) is 3.11. The number of carbonyl (C=O) groups excluding carboxylic acids is 2. The van der Waals surface area contributed by atoms with E-state index in [0.717, 1.165) is 5.56 Å². The number of benzene rings is 3. The van der Waals surface area contributed by atoms with Gasteiger partial charge in [0.1, 0.15) is 11.5 Å². The highest BCUT2D eigenvalue weighted by molar-refractivity contribution is 6.46. The molecule has 1 fully saturated rings. The minimum Gasteiger partial charge on any atom is -0.507 e. The number of ketones is 1. The Kier molecular flexibility index (Phi) is 7.06. The van der Waals surface area contributed by atoms with Crippen molar-refractivity contribution in [3.63, 3.8) is 0 Å². The van der Waals surface area contributed by atoms with Crippen molar-refractivity contribution in [3.8, 4) is 17.2 Å². The number of carbonyl (C=O) groups is 2. The number of aromatic hydroxyl groups is 1. The van der Waals surface area contributed by atoms with E-state index in [-0.39, 0.29) is 29.4 Å². The van der Waals surface area contributed by atoms with E-state index < -0.39 is 17.7 Å². The zero-order chi connectivity index (χ0) is 24.9. The minimum absolute atomic E-state index is 0.0248. The van der Waals surface area contributed by atoms with Gasteiger partial charge in [-0.2, -0.15) is 0 Å². The summed E-state index contributed by atoms with van der Waals surface area (Å²) in [7, 11) is 0. The fraction of sp³-hybridized carbons (Fsp3) is 0.214. The zero-order valence-corrected chi connectivity index (χ0v) is 19.6. The van der Waals surface area contributed by atoms with Crippen molar-refractivity contribution in [2.24, 2.45) is 0 Å². The van der Waals surface area contributed by atoms with E-state index in [1.54, 1.807) is 43.3 Å². The normalized spacial score (nSPS) is 17.0. The molecule has 1 aliphatic rings. The van der Waals surface area contributed by atoms with Crippen LogP contribution in [-0.4, -0.2) is 40.0 Å². The summed E-state index contributed by atoms with van der Waals surface area (Å²) >= 11 is 0. The first-order valence-corrected chi connectivity index (χ1v) is 11.5. The summed E-state index contributed by atoms with van der Waals surface area (Å²) in [6, 6.07) is 19.8. The monoisotopic (exact) mass is 473 g/mol. The van der Waals surface area contributed by atoms with Crippen molar-refractivity contribution in [3.05, 3.63) is 95.1 Å². The number of aliphatic hydroxyl groups is 1. The van der Waals surface area contributed by atoms with Crippen LogP contribution in [0.3, 0.4) is 0 Å². The largest absolute Gasteiger partial charge is 0.507 e. The molecular formula is C28H27NO6. The number of phenols is 1. The first-order valence-electron chi connectivity index (χ1n) is 11.5. The van der Waals surface area contributed by atoms with E-state index in [0.29, 0.717) is 30.1 Å². The molecule has 0 aliphatic carbocycles. The van der Waals surface area contributed by atoms with E-state index in [4.69, 9.17) is 9.47 Å². The molecule has 1 amide bonds. The lowest BCUT2D eigenvalue weighted by Crippen LogP contribution is -2.29. The second-order valence-electron chi connectivity index (χ2n) is 8.03. The number of aliphatic hydroxyl groups excluding tert-OH is 1. The molecule has 0 aromatic heterocycles. The lowest BCUT2D eigenvalue weighted by molar-refractivity contribution is -0.140. The maximum atomic E-state index is 13.2. The second-order valence-corrected chi connectivity index (χ2v) is 8.03. The number of likely N-dealkylation sites (tertiary alicyclic amines) is 1. The van der Waals surface area contributed by atoms with Gasteiger partial charge < -0.3 is 24.6 Å². The minimum atomic E-state index is -0.874. The summed E-state index contributed by atoms with van der Waals surface area (Å²) in [5, 5.41) is 21.4. The molecule has 7 nitrogen and oxygen atoms in total. The molecule has 1 aliphatic heterocycles. The summed E-state index contributed by atoms with van der Waals surface area (Å²) in [6.45, 7) is 4.66. The smallest absolute Gasteiger partial charge is 0.295 e. The Hall–Kier alpha value is -4.26. The summed E-state index contributed by atoms with van der Waals surface area (Å²) in [5.41, 5.74) is 1.74. The Labute approximate surface area is 203 Å². The van der Waals surface area contributed by atoms with Crippen LogP contribution < -0.4 is 9.47 Å². The molecule has 0 bridgehead atoms. The fourth-order valence-electron chi connectivity index (χ4n) is 4.17. The van der Waals surface area contributed by atoms with Crippen LogP contribution in [0.5, 0.6) is 17.2 Å². The molecule has 1 unspecified atom stereocenters. The van der Waals surface area contributed by atoms with E-state index in [1.165, 1.54) is 11.0 Å². The molecule has 180 valence electrons. The molecule has 1 atom stereocenters. The van der Waals surface area contributed by atoms with Crippen molar-refractivity contribution in [2.75, 3.05) is 13.2 Å². The van der Waals surface area contributed by atoms with Gasteiger partial charge in [0.05, 0.1) is 24.8 Å². The first kappa shape index (κ1) is 23.9. The van der Waals surface area contributed by atoms with Crippen molar-refractivity contribution < 1.29 is 29.3 Å². The SMILES string of the molecule is CCOc1ccc(C(O)=C2C(=O)C(=O)N(Cc3ccccc3)C2c2ccc(O)c(OCC)c2)cc1. The number of rotatable bonds is 8. The third kappa shape index (κ3) is 4.84. The van der Waals surface area contributed by atoms with E-state index in [2.05, 4.69) is 0 Å². The van der Waals surface area contributed by atoms with Gasteiger partial charge >= 0.3 is 0 Å². The van der Waals surface area contributed by atoms with Gasteiger partial charge in [0.15, 0.2) is 11.5 Å². The van der Waals surface area contributed by atoms with Gasteiger partial charge in [-0.1, -0.05) is 36.4 Å². The predicted octanol–water partition coefficient (Wildman–Crippen LogP) is 4.81. The average molecular weight is 474 g/mol. The fourth-order valence-corrected chi connectivity index (χ4v) is 4.17. The topological polar surface area (TPSA) is 96.3 Å². The van der Waals surface area contributed by atoms with Crippen LogP contribution in [0.1, 0.15) is 36.6 Å². The van der Waals surface area contributed by atoms with Gasteiger partial charge in [-0.3, -0.25) is 9.59 Å². The van der Waals surface area contributed by atoms with Crippen LogP contribution in [0.25, 0.3) is 5.76 Å². The van der Waals surface area contributed by atoms with E-state index >= 15 is 0 Å². The standard InChI is InChI=1S/C28H27NO6/c1-3-34-21-13-10-19(11-14-21)26(31)24-25(20-12-15-22(30)23(16-20)35-4-2)29(28(33)27(24)32)17-18-8-6-5-7-9-18/h5-16,25,30-31H,3-4,17H2,1-2H3. The van der Waals surface area contributed by atoms with Gasteiger partial charge in [-0.15, -0.1) is 0 Å². The Morgan fingerprint density at radius 1 is 0.914 bits per heavy atom. The van der Waals surface area contributed by atoms with Gasteiger partial charge in [0, 0.05) is 12.1 Å². The molecule has 3 aromatic rings. The van der Waals surface area contributed by atoms with E-state index in [9.17, 15) is 19.8 Å². The van der Waals surface area contributed by atoms with Crippen LogP contribution >= 0.6 is 0 Å². The predicted molar refractivity (Wildman–Crippen MR) is 131 cm³/mol. The van der Waals surface area contributed by atoms with Gasteiger partial charge in [-0.05, 0) is 61.4 Å². The molecule has 7 heteroatoms. The maximum Gasteiger partial charge on any atom is 0.295 e. The Morgan fingerprint density at radius 2 is 1.60 bits per heavy atom. The number of Topliss-reactive ketones (excluding diaryl/α,β-unsaturated/α-hetero) is 1. The van der Waals surface area contributed by atoms with Crippen molar-refractivity contribution >= 4 is 17.4 Å². The Bertz CT molecular complexity index is 1250. The highest BCUT2D eigenvalue weighted by Gasteiger charge is 2.46. The number of hydrogen-bond donors (Lipinski definition) is 2. The van der Waals surface area contributed by atoms with Crippen molar-refractivity contribution in [1.29, 1.82) is 0 Å². The lowest BCUT2D eigenvalue weighted by atomic mass is 9.94. The molecule has 3 aromatic carbocycles. The molecule has 0 spiro atoms. The molecule has 1 saturated heterocycles. The summed E-state index contributed by atoms with van der Waals surface area (Å²) in [6.07, 6.45) is 0. The lowest BCUT2D eigenvalue weighted by Gasteiger charge is -2.26. The molecule has 4 rings (SSSR count). The molecular weight excluding hydrogens is 446 g/mol. The van der Waals surface area contributed by atoms with Gasteiger partial charge in [0.25, 0.3) is 11.7 Å². The molecule has 1 heterocycles. The summed E-state index contributed by atoms with van der Waals surface area (Å²) < 4.78 is 11.0. The highest BCUT2D eigenvalue weighted by Crippen LogP contribution is 2.42. The second kappa shape index (κ2) is 10.3. The van der Waals surface area contributed by atoms with E-state index in [1.807, 2.05) is 37.3 Å². The molecule has 0 radical (unpaired) electrons. The number of phenolic OH excluding ortho intramolecular Hbond substituents is 1. The van der Waals surface area contributed by atoms with Crippen LogP contribution in [-0.2, 0) is 16.1 Å². The van der Waals surface area contributed by atoms with Crippen LogP contribution in [0.2, 0.25) is 0 Å². The Balaban J connectivity index is 1.85. The third-order valence-corrected chi connectivity index (χ3v) is 5.77. The third-order valence-electron chi connectivity index (χ3n) is 5.77.